The fourth-order valence-corrected chi connectivity index (χ4v) is 3.76. The molecule has 124 valence electrons. The van der Waals surface area contributed by atoms with Crippen LogP contribution in [0.3, 0.4) is 0 Å². The average Bonchev–Trinajstić information content (AvgIpc) is 3.11. The second kappa shape index (κ2) is 5.96. The van der Waals surface area contributed by atoms with Gasteiger partial charge >= 0.3 is 6.09 Å². The molecule has 0 unspecified atom stereocenters. The van der Waals surface area contributed by atoms with E-state index in [0.717, 1.165) is 0 Å². The van der Waals surface area contributed by atoms with Gasteiger partial charge in [-0.2, -0.15) is 0 Å². The summed E-state index contributed by atoms with van der Waals surface area (Å²) in [7, 11) is -1.38. The second-order valence-corrected chi connectivity index (χ2v) is 8.19. The summed E-state index contributed by atoms with van der Waals surface area (Å²) >= 11 is 0. The number of hydrogen-bond acceptors (Lipinski definition) is 5. The third kappa shape index (κ3) is 3.55. The van der Waals surface area contributed by atoms with Gasteiger partial charge in [-0.1, -0.05) is 12.1 Å². The topological polar surface area (TPSA) is 72.6 Å². The van der Waals surface area contributed by atoms with E-state index in [9.17, 15) is 9.00 Å². The predicted molar refractivity (Wildman–Crippen MR) is 86.6 cm³/mol. The molecule has 7 heteroatoms. The maximum Gasteiger partial charge on any atom is 0.410 e. The van der Waals surface area contributed by atoms with Crippen molar-refractivity contribution in [1.82, 2.24) is 9.88 Å². The highest BCUT2D eigenvalue weighted by atomic mass is 32.2. The highest BCUT2D eigenvalue weighted by Gasteiger charge is 2.34. The number of carbonyl (C=O) groups excluding carboxylic acids is 1. The quantitative estimate of drug-likeness (QED) is 0.843. The fraction of sp³-hybridized carbons (Fsp3) is 0.500. The van der Waals surface area contributed by atoms with Crippen LogP contribution >= 0.6 is 0 Å². The zero-order valence-corrected chi connectivity index (χ0v) is 14.3. The van der Waals surface area contributed by atoms with Gasteiger partial charge in [-0.25, -0.2) is 14.0 Å². The Morgan fingerprint density at radius 1 is 1.39 bits per heavy atom. The number of likely N-dealkylation sites (tertiary alicyclic amines) is 1. The number of rotatable bonds is 2. The summed E-state index contributed by atoms with van der Waals surface area (Å²) in [5, 5.41) is 0.0396. The SMILES string of the molecule is CC(C)(C)OC(=O)N1CC[C@@H]([S@@](=O)c2nc3ccccc3o2)C1. The van der Waals surface area contributed by atoms with Gasteiger partial charge in [-0.15, -0.1) is 0 Å². The molecule has 0 saturated carbocycles. The number of benzene rings is 1. The van der Waals surface area contributed by atoms with Crippen molar-refractivity contribution in [1.29, 1.82) is 0 Å². The Morgan fingerprint density at radius 2 is 2.13 bits per heavy atom. The van der Waals surface area contributed by atoms with Crippen molar-refractivity contribution in [3.8, 4) is 0 Å². The average molecular weight is 336 g/mol. The van der Waals surface area contributed by atoms with Crippen LogP contribution in [0, 0.1) is 0 Å². The zero-order chi connectivity index (χ0) is 16.6. The zero-order valence-electron chi connectivity index (χ0n) is 13.4. The van der Waals surface area contributed by atoms with E-state index in [1.54, 1.807) is 11.0 Å². The van der Waals surface area contributed by atoms with Gasteiger partial charge in [0.2, 0.25) is 0 Å². The van der Waals surface area contributed by atoms with E-state index in [1.807, 2.05) is 39.0 Å². The lowest BCUT2D eigenvalue weighted by Gasteiger charge is -2.24. The summed E-state index contributed by atoms with van der Waals surface area (Å²) in [6, 6.07) is 7.32. The Labute approximate surface area is 137 Å². The van der Waals surface area contributed by atoms with Gasteiger partial charge in [0, 0.05) is 13.1 Å². The van der Waals surface area contributed by atoms with Gasteiger partial charge in [0.25, 0.3) is 5.22 Å². The molecule has 1 amide bonds. The van der Waals surface area contributed by atoms with Gasteiger partial charge in [0.1, 0.15) is 21.9 Å². The number of ether oxygens (including phenoxy) is 1. The fourth-order valence-electron chi connectivity index (χ4n) is 2.47. The number of oxazole rings is 1. The standard InChI is InChI=1S/C16H20N2O4S/c1-16(2,3)22-15(19)18-9-8-11(10-18)23(20)14-17-12-6-4-5-7-13(12)21-14/h4-7,11H,8-10H2,1-3H3/t11-,23-/m1/s1. The lowest BCUT2D eigenvalue weighted by molar-refractivity contribution is 0.0295. The first-order valence-corrected chi connectivity index (χ1v) is 8.79. The molecule has 1 aliphatic rings. The molecule has 0 spiro atoms. The minimum absolute atomic E-state index is 0.185. The molecule has 3 rings (SSSR count). The van der Waals surface area contributed by atoms with Crippen molar-refractivity contribution >= 4 is 28.0 Å². The Morgan fingerprint density at radius 3 is 2.83 bits per heavy atom. The molecular formula is C16H20N2O4S. The molecule has 1 aromatic heterocycles. The van der Waals surface area contributed by atoms with E-state index < -0.39 is 16.4 Å². The smallest absolute Gasteiger partial charge is 0.410 e. The largest absolute Gasteiger partial charge is 0.444 e. The molecule has 23 heavy (non-hydrogen) atoms. The van der Waals surface area contributed by atoms with Crippen LogP contribution in [0.5, 0.6) is 0 Å². The molecule has 0 bridgehead atoms. The van der Waals surface area contributed by atoms with E-state index in [-0.39, 0.29) is 16.6 Å². The lowest BCUT2D eigenvalue weighted by Crippen LogP contribution is -2.36. The Balaban J connectivity index is 1.68. The number of hydrogen-bond donors (Lipinski definition) is 0. The van der Waals surface area contributed by atoms with Crippen molar-refractivity contribution in [2.24, 2.45) is 0 Å². The van der Waals surface area contributed by atoms with Crippen molar-refractivity contribution in [2.75, 3.05) is 13.1 Å². The van der Waals surface area contributed by atoms with Crippen molar-refractivity contribution in [2.45, 2.75) is 43.3 Å². The number of nitrogens with zero attached hydrogens (tertiary/aromatic N) is 2. The number of para-hydroxylation sites is 2. The van der Waals surface area contributed by atoms with Crippen LogP contribution in [0.2, 0.25) is 0 Å². The van der Waals surface area contributed by atoms with Crippen molar-refractivity contribution in [3.05, 3.63) is 24.3 Å². The third-order valence-electron chi connectivity index (χ3n) is 3.55. The summed E-state index contributed by atoms with van der Waals surface area (Å²) in [5.41, 5.74) is 0.782. The molecule has 1 saturated heterocycles. The molecule has 0 aliphatic carbocycles. The van der Waals surface area contributed by atoms with E-state index in [0.29, 0.717) is 30.6 Å². The maximum absolute atomic E-state index is 12.6. The minimum Gasteiger partial charge on any atom is -0.444 e. The van der Waals surface area contributed by atoms with Crippen LogP contribution < -0.4 is 0 Å². The molecular weight excluding hydrogens is 316 g/mol. The Bertz CT molecular complexity index is 717. The van der Waals surface area contributed by atoms with Crippen LogP contribution in [0.25, 0.3) is 11.1 Å². The molecule has 2 atom stereocenters. The van der Waals surface area contributed by atoms with E-state index in [4.69, 9.17) is 9.15 Å². The molecule has 1 aromatic carbocycles. The molecule has 0 N–H and O–H groups in total. The Kier molecular flexibility index (Phi) is 4.14. The molecule has 1 aliphatic heterocycles. The highest BCUT2D eigenvalue weighted by Crippen LogP contribution is 2.24. The van der Waals surface area contributed by atoms with Gasteiger partial charge in [0.15, 0.2) is 5.58 Å². The summed E-state index contributed by atoms with van der Waals surface area (Å²) in [4.78, 5) is 18.0. The number of amides is 1. The monoisotopic (exact) mass is 336 g/mol. The summed E-state index contributed by atoms with van der Waals surface area (Å²) in [6.45, 7) is 6.41. The van der Waals surface area contributed by atoms with Gasteiger partial charge in [-0.3, -0.25) is 0 Å². The summed E-state index contributed by atoms with van der Waals surface area (Å²) in [6.07, 6.45) is 0.277. The molecule has 6 nitrogen and oxygen atoms in total. The van der Waals surface area contributed by atoms with Gasteiger partial charge in [0.05, 0.1) is 5.25 Å². The van der Waals surface area contributed by atoms with E-state index in [2.05, 4.69) is 4.98 Å². The first-order chi connectivity index (χ1) is 10.8. The van der Waals surface area contributed by atoms with Crippen LogP contribution in [-0.2, 0) is 15.5 Å². The lowest BCUT2D eigenvalue weighted by atomic mass is 10.2. The van der Waals surface area contributed by atoms with Crippen LogP contribution in [0.15, 0.2) is 33.9 Å². The first-order valence-electron chi connectivity index (χ1n) is 7.57. The van der Waals surface area contributed by atoms with Gasteiger partial charge < -0.3 is 14.1 Å². The number of carbonyl (C=O) groups is 1. The molecule has 2 heterocycles. The molecule has 0 radical (unpaired) electrons. The van der Waals surface area contributed by atoms with Gasteiger partial charge in [-0.05, 0) is 39.3 Å². The van der Waals surface area contributed by atoms with E-state index in [1.165, 1.54) is 0 Å². The van der Waals surface area contributed by atoms with Crippen LogP contribution in [0.1, 0.15) is 27.2 Å². The molecule has 1 fully saturated rings. The van der Waals surface area contributed by atoms with Crippen LogP contribution in [-0.4, -0.2) is 44.1 Å². The Hall–Kier alpha value is -1.89. The van der Waals surface area contributed by atoms with E-state index >= 15 is 0 Å². The highest BCUT2D eigenvalue weighted by molar-refractivity contribution is 7.85. The van der Waals surface area contributed by atoms with Crippen LogP contribution in [0.4, 0.5) is 4.79 Å². The maximum atomic E-state index is 12.6. The number of aromatic nitrogens is 1. The summed E-state index contributed by atoms with van der Waals surface area (Å²) < 4.78 is 23.6. The molecule has 2 aromatic rings. The normalized spacial score (nSPS) is 20.0. The number of fused-ring (bicyclic) bond motifs is 1. The van der Waals surface area contributed by atoms with Crippen molar-refractivity contribution < 1.29 is 18.2 Å². The van der Waals surface area contributed by atoms with Crippen molar-refractivity contribution in [3.63, 3.8) is 0 Å². The second-order valence-electron chi connectivity index (χ2n) is 6.58. The third-order valence-corrected chi connectivity index (χ3v) is 5.05. The summed E-state index contributed by atoms with van der Waals surface area (Å²) in [5.74, 6) is 0. The minimum atomic E-state index is -1.38. The predicted octanol–water partition coefficient (Wildman–Crippen LogP) is 2.94. The first kappa shape index (κ1) is 16.0.